The van der Waals surface area contributed by atoms with Crippen LogP contribution in [-0.2, 0) is 6.54 Å². The van der Waals surface area contributed by atoms with E-state index in [1.165, 1.54) is 55.7 Å². The van der Waals surface area contributed by atoms with E-state index >= 15 is 0 Å². The van der Waals surface area contributed by atoms with E-state index < -0.39 is 5.95 Å². The zero-order chi connectivity index (χ0) is 23.3. The molecular formula is C25H25FN6OS. The van der Waals surface area contributed by atoms with E-state index in [1.807, 2.05) is 23.9 Å². The predicted octanol–water partition coefficient (Wildman–Crippen LogP) is 5.65. The van der Waals surface area contributed by atoms with Crippen LogP contribution in [0.25, 0.3) is 12.2 Å². The Bertz CT molecular complexity index is 1300. The van der Waals surface area contributed by atoms with Crippen LogP contribution in [0.5, 0.6) is 0 Å². The fraction of sp³-hybridized carbons (Fsp3) is 0.280. The van der Waals surface area contributed by atoms with Gasteiger partial charge in [0.2, 0.25) is 5.95 Å². The van der Waals surface area contributed by atoms with Gasteiger partial charge in [-0.15, -0.1) is 11.3 Å². The Kier molecular flexibility index (Phi) is 6.62. The fourth-order valence-electron chi connectivity index (χ4n) is 4.27. The van der Waals surface area contributed by atoms with Gasteiger partial charge in [0.25, 0.3) is 5.91 Å². The first-order valence-electron chi connectivity index (χ1n) is 11.4. The number of rotatable bonds is 7. The van der Waals surface area contributed by atoms with E-state index in [4.69, 9.17) is 0 Å². The van der Waals surface area contributed by atoms with Crippen molar-refractivity contribution in [3.63, 3.8) is 0 Å². The van der Waals surface area contributed by atoms with Gasteiger partial charge < -0.3 is 9.13 Å². The zero-order valence-corrected chi connectivity index (χ0v) is 19.4. The second-order valence-electron chi connectivity index (χ2n) is 8.41. The average molecular weight is 477 g/mol. The summed E-state index contributed by atoms with van der Waals surface area (Å²) < 4.78 is 17.4. The molecule has 0 atom stereocenters. The number of carbonyl (C=O) groups is 1. The molecule has 5 rings (SSSR count). The highest BCUT2D eigenvalue weighted by Gasteiger charge is 2.15. The molecule has 0 aliphatic heterocycles. The molecule has 4 aromatic heterocycles. The number of nitrogens with zero attached hydrogens (tertiary/aromatic N) is 5. The highest BCUT2D eigenvalue weighted by molar-refractivity contribution is 7.14. The van der Waals surface area contributed by atoms with Crippen molar-refractivity contribution in [2.45, 2.75) is 44.7 Å². The van der Waals surface area contributed by atoms with Crippen molar-refractivity contribution in [1.82, 2.24) is 24.1 Å². The maximum Gasteiger partial charge on any atom is 0.274 e. The second-order valence-corrected chi connectivity index (χ2v) is 9.27. The number of hydrogen-bond acceptors (Lipinski definition) is 5. The summed E-state index contributed by atoms with van der Waals surface area (Å²) in [7, 11) is 0. The first-order chi connectivity index (χ1) is 16.6. The molecule has 1 N–H and O–H groups in total. The van der Waals surface area contributed by atoms with Crippen molar-refractivity contribution >= 4 is 34.5 Å². The number of imidazole rings is 1. The molecule has 0 bridgehead atoms. The number of anilines is 1. The molecule has 4 aromatic rings. The zero-order valence-electron chi connectivity index (χ0n) is 18.6. The second kappa shape index (κ2) is 10.1. The molecule has 4 heterocycles. The van der Waals surface area contributed by atoms with Crippen LogP contribution < -0.4 is 5.32 Å². The smallest absolute Gasteiger partial charge is 0.274 e. The highest BCUT2D eigenvalue weighted by Crippen LogP contribution is 2.28. The average Bonchev–Trinajstić information content (AvgIpc) is 3.60. The third kappa shape index (κ3) is 5.31. The van der Waals surface area contributed by atoms with Gasteiger partial charge in [-0.1, -0.05) is 19.3 Å². The number of pyridine rings is 1. The van der Waals surface area contributed by atoms with Crippen molar-refractivity contribution in [2.24, 2.45) is 0 Å². The van der Waals surface area contributed by atoms with E-state index in [0.29, 0.717) is 23.4 Å². The number of carbonyl (C=O) groups excluding carboxylic acids is 1. The monoisotopic (exact) mass is 476 g/mol. The first-order valence-corrected chi connectivity index (χ1v) is 12.3. The Labute approximate surface area is 201 Å². The Hall–Kier alpha value is -3.59. The normalized spacial score (nSPS) is 14.6. The van der Waals surface area contributed by atoms with Gasteiger partial charge in [0.1, 0.15) is 5.69 Å². The standard InChI is InChI=1S/C25H25FN6OS/c26-23-13-18(10-11-27-23)14-31-12-4-7-22(31)24(33)30-25-29-20(16-34-25)9-8-19-15-32(17-28-19)21-5-2-1-3-6-21/h4,7-13,15-17,21H,1-3,5-6,14H2,(H,29,30,33). The summed E-state index contributed by atoms with van der Waals surface area (Å²) in [5, 5.41) is 5.26. The van der Waals surface area contributed by atoms with E-state index in [0.717, 1.165) is 17.0 Å². The summed E-state index contributed by atoms with van der Waals surface area (Å²) >= 11 is 1.36. The molecule has 1 aliphatic rings. The molecule has 0 spiro atoms. The van der Waals surface area contributed by atoms with Crippen molar-refractivity contribution in [3.05, 3.63) is 83.2 Å². The lowest BCUT2D eigenvalue weighted by Gasteiger charge is -2.22. The third-order valence-electron chi connectivity index (χ3n) is 5.99. The molecule has 9 heteroatoms. The Morgan fingerprint density at radius 3 is 2.88 bits per heavy atom. The van der Waals surface area contributed by atoms with Crippen LogP contribution in [0.15, 0.2) is 54.6 Å². The molecule has 1 aliphatic carbocycles. The lowest BCUT2D eigenvalue weighted by atomic mass is 9.95. The first kappa shape index (κ1) is 22.2. The molecule has 1 fully saturated rings. The number of hydrogen-bond donors (Lipinski definition) is 1. The fourth-order valence-corrected chi connectivity index (χ4v) is 4.94. The molecule has 1 amide bonds. The topological polar surface area (TPSA) is 77.6 Å². The highest BCUT2D eigenvalue weighted by atomic mass is 32.1. The van der Waals surface area contributed by atoms with Crippen LogP contribution in [0.4, 0.5) is 9.52 Å². The summed E-state index contributed by atoms with van der Waals surface area (Å²) in [5.74, 6) is -0.810. The minimum Gasteiger partial charge on any atom is -0.339 e. The minimum absolute atomic E-state index is 0.268. The van der Waals surface area contributed by atoms with Crippen molar-refractivity contribution in [3.8, 4) is 0 Å². The van der Waals surface area contributed by atoms with Crippen LogP contribution in [0.2, 0.25) is 0 Å². The Morgan fingerprint density at radius 2 is 2.03 bits per heavy atom. The van der Waals surface area contributed by atoms with Crippen LogP contribution >= 0.6 is 11.3 Å². The SMILES string of the molecule is O=C(Nc1nc(C=Cc2cn(C3CCCCC3)cn2)cs1)c1cccn1Cc1ccnc(F)c1. The molecule has 0 saturated heterocycles. The van der Waals surface area contributed by atoms with Gasteiger partial charge in [-0.2, -0.15) is 4.39 Å². The molecule has 174 valence electrons. The number of halogens is 1. The summed E-state index contributed by atoms with van der Waals surface area (Å²) in [6.07, 6.45) is 17.4. The van der Waals surface area contributed by atoms with Gasteiger partial charge in [0.05, 0.1) is 17.7 Å². The number of nitrogens with one attached hydrogen (secondary N) is 1. The minimum atomic E-state index is -0.542. The van der Waals surface area contributed by atoms with Gasteiger partial charge in [0, 0.05) is 36.6 Å². The maximum atomic E-state index is 13.4. The van der Waals surface area contributed by atoms with Crippen LogP contribution in [0.3, 0.4) is 0 Å². The molecule has 0 unspecified atom stereocenters. The number of aromatic nitrogens is 5. The molecule has 0 radical (unpaired) electrons. The van der Waals surface area contributed by atoms with Crippen molar-refractivity contribution in [1.29, 1.82) is 0 Å². The predicted molar refractivity (Wildman–Crippen MR) is 131 cm³/mol. The largest absolute Gasteiger partial charge is 0.339 e. The van der Waals surface area contributed by atoms with E-state index in [2.05, 4.69) is 31.0 Å². The van der Waals surface area contributed by atoms with Gasteiger partial charge in [-0.05, 0) is 54.8 Å². The summed E-state index contributed by atoms with van der Waals surface area (Å²) in [6.45, 7) is 0.370. The lowest BCUT2D eigenvalue weighted by molar-refractivity contribution is 0.101. The number of thiazole rings is 1. The van der Waals surface area contributed by atoms with E-state index in [1.54, 1.807) is 29.0 Å². The third-order valence-corrected chi connectivity index (χ3v) is 6.77. The van der Waals surface area contributed by atoms with Gasteiger partial charge >= 0.3 is 0 Å². The lowest BCUT2D eigenvalue weighted by Crippen LogP contribution is -2.17. The van der Waals surface area contributed by atoms with Crippen molar-refractivity contribution < 1.29 is 9.18 Å². The Balaban J connectivity index is 1.21. The molecule has 34 heavy (non-hydrogen) atoms. The quantitative estimate of drug-likeness (QED) is 0.350. The van der Waals surface area contributed by atoms with Crippen LogP contribution in [0, 0.1) is 5.95 Å². The molecular weight excluding hydrogens is 451 g/mol. The molecule has 0 aromatic carbocycles. The van der Waals surface area contributed by atoms with E-state index in [-0.39, 0.29) is 5.91 Å². The maximum absolute atomic E-state index is 13.4. The van der Waals surface area contributed by atoms with Crippen molar-refractivity contribution in [2.75, 3.05) is 5.32 Å². The van der Waals surface area contributed by atoms with Gasteiger partial charge in [-0.3, -0.25) is 10.1 Å². The molecule has 1 saturated carbocycles. The Morgan fingerprint density at radius 1 is 1.18 bits per heavy atom. The summed E-state index contributed by atoms with van der Waals surface area (Å²) in [6, 6.07) is 7.15. The van der Waals surface area contributed by atoms with Gasteiger partial charge in [0.15, 0.2) is 5.13 Å². The molecule has 7 nitrogen and oxygen atoms in total. The van der Waals surface area contributed by atoms with E-state index in [9.17, 15) is 9.18 Å². The van der Waals surface area contributed by atoms with Crippen LogP contribution in [0.1, 0.15) is 65.6 Å². The van der Waals surface area contributed by atoms with Gasteiger partial charge in [-0.25, -0.2) is 15.0 Å². The summed E-state index contributed by atoms with van der Waals surface area (Å²) in [5.41, 5.74) is 2.85. The van der Waals surface area contributed by atoms with Crippen LogP contribution in [-0.4, -0.2) is 30.0 Å². The summed E-state index contributed by atoms with van der Waals surface area (Å²) in [4.78, 5) is 25.4. The number of amides is 1.